The normalized spacial score (nSPS) is 26.0. The van der Waals surface area contributed by atoms with Crippen molar-refractivity contribution in [3.05, 3.63) is 41.1 Å². The third-order valence-corrected chi connectivity index (χ3v) is 5.10. The van der Waals surface area contributed by atoms with Gasteiger partial charge in [-0.1, -0.05) is 25.5 Å². The van der Waals surface area contributed by atoms with Crippen molar-refractivity contribution in [3.8, 4) is 5.75 Å². The van der Waals surface area contributed by atoms with Crippen LogP contribution in [0.2, 0.25) is 0 Å². The van der Waals surface area contributed by atoms with E-state index in [-0.39, 0.29) is 18.1 Å². The fourth-order valence-corrected chi connectivity index (χ4v) is 3.71. The molecule has 1 aliphatic carbocycles. The van der Waals surface area contributed by atoms with Crippen molar-refractivity contribution in [2.75, 3.05) is 7.11 Å². The Bertz CT molecular complexity index is 711. The molecule has 2 aliphatic rings. The summed E-state index contributed by atoms with van der Waals surface area (Å²) in [7, 11) is 1.60. The van der Waals surface area contributed by atoms with E-state index in [1.54, 1.807) is 14.0 Å². The summed E-state index contributed by atoms with van der Waals surface area (Å²) in [4.78, 5) is 24.8. The Morgan fingerprint density at radius 3 is 2.58 bits per heavy atom. The zero-order chi connectivity index (χ0) is 18.7. The van der Waals surface area contributed by atoms with E-state index in [0.29, 0.717) is 17.2 Å². The molecule has 26 heavy (non-hydrogen) atoms. The third-order valence-electron chi connectivity index (χ3n) is 5.10. The summed E-state index contributed by atoms with van der Waals surface area (Å²) >= 11 is 0. The van der Waals surface area contributed by atoms with Crippen molar-refractivity contribution < 1.29 is 19.1 Å². The highest BCUT2D eigenvalue weighted by molar-refractivity contribution is 5.95. The van der Waals surface area contributed by atoms with Crippen molar-refractivity contribution in [2.24, 2.45) is 5.92 Å². The van der Waals surface area contributed by atoms with Crippen molar-refractivity contribution in [1.82, 2.24) is 10.6 Å². The number of hydrogen-bond donors (Lipinski definition) is 2. The summed E-state index contributed by atoms with van der Waals surface area (Å²) < 4.78 is 11.0. The standard InChI is InChI=1S/C20H26N2O4/c1-12-5-4-6-16(11-12)26-19(23)17-13(2)21-20(24)22-18(17)14-7-9-15(25-3)10-8-14/h7-10,12,16,18H,4-6,11H2,1-3H3,(H2,21,22,24)/t12-,16+,18-/m0/s1. The summed E-state index contributed by atoms with van der Waals surface area (Å²) in [6.07, 6.45) is 4.00. The van der Waals surface area contributed by atoms with E-state index in [2.05, 4.69) is 17.6 Å². The van der Waals surface area contributed by atoms with Crippen LogP contribution < -0.4 is 15.4 Å². The number of carbonyl (C=O) groups excluding carboxylic acids is 2. The number of hydrogen-bond acceptors (Lipinski definition) is 4. The van der Waals surface area contributed by atoms with Crippen LogP contribution in [0.4, 0.5) is 4.79 Å². The molecular formula is C20H26N2O4. The van der Waals surface area contributed by atoms with Crippen LogP contribution in [0.15, 0.2) is 35.5 Å². The highest BCUT2D eigenvalue weighted by atomic mass is 16.5. The molecule has 3 atom stereocenters. The lowest BCUT2D eigenvalue weighted by molar-refractivity contribution is -0.146. The zero-order valence-electron chi connectivity index (χ0n) is 15.5. The van der Waals surface area contributed by atoms with E-state index in [4.69, 9.17) is 9.47 Å². The molecule has 6 heteroatoms. The van der Waals surface area contributed by atoms with Gasteiger partial charge in [-0.15, -0.1) is 0 Å². The molecule has 0 bridgehead atoms. The van der Waals surface area contributed by atoms with E-state index < -0.39 is 6.04 Å². The highest BCUT2D eigenvalue weighted by Crippen LogP contribution is 2.31. The summed E-state index contributed by atoms with van der Waals surface area (Å²) in [6, 6.07) is 6.45. The van der Waals surface area contributed by atoms with Gasteiger partial charge < -0.3 is 20.1 Å². The molecular weight excluding hydrogens is 332 g/mol. The first-order valence-corrected chi connectivity index (χ1v) is 9.11. The van der Waals surface area contributed by atoms with Gasteiger partial charge in [-0.3, -0.25) is 0 Å². The zero-order valence-corrected chi connectivity index (χ0v) is 15.5. The van der Waals surface area contributed by atoms with Gasteiger partial charge in [0.05, 0.1) is 18.7 Å². The number of carbonyl (C=O) groups is 2. The van der Waals surface area contributed by atoms with Gasteiger partial charge in [-0.25, -0.2) is 9.59 Å². The van der Waals surface area contributed by atoms with Crippen molar-refractivity contribution >= 4 is 12.0 Å². The van der Waals surface area contributed by atoms with Crippen LogP contribution in [0.5, 0.6) is 5.75 Å². The molecule has 1 aliphatic heterocycles. The van der Waals surface area contributed by atoms with Gasteiger partial charge in [0.2, 0.25) is 0 Å². The molecule has 2 N–H and O–H groups in total. The molecule has 1 aromatic rings. The Kier molecular flexibility index (Phi) is 5.49. The quantitative estimate of drug-likeness (QED) is 0.808. The van der Waals surface area contributed by atoms with Crippen molar-refractivity contribution in [2.45, 2.75) is 51.7 Å². The first-order valence-electron chi connectivity index (χ1n) is 9.11. The van der Waals surface area contributed by atoms with Gasteiger partial charge in [-0.05, 0) is 49.8 Å². The fraction of sp³-hybridized carbons (Fsp3) is 0.500. The largest absolute Gasteiger partial charge is 0.497 e. The summed E-state index contributed by atoms with van der Waals surface area (Å²) in [5.74, 6) is 0.920. The molecule has 1 fully saturated rings. The Morgan fingerprint density at radius 1 is 1.19 bits per heavy atom. The topological polar surface area (TPSA) is 76.7 Å². The average Bonchev–Trinajstić information content (AvgIpc) is 2.61. The number of urea groups is 1. The molecule has 1 saturated carbocycles. The van der Waals surface area contributed by atoms with Gasteiger partial charge in [0.15, 0.2) is 0 Å². The molecule has 140 valence electrons. The van der Waals surface area contributed by atoms with Gasteiger partial charge in [0.25, 0.3) is 0 Å². The number of amides is 2. The maximum atomic E-state index is 12.9. The number of allylic oxidation sites excluding steroid dienone is 1. The summed E-state index contributed by atoms with van der Waals surface area (Å²) in [5.41, 5.74) is 1.79. The van der Waals surface area contributed by atoms with Crippen LogP contribution in [0, 0.1) is 5.92 Å². The minimum Gasteiger partial charge on any atom is -0.497 e. The van der Waals surface area contributed by atoms with Crippen molar-refractivity contribution in [1.29, 1.82) is 0 Å². The Balaban J connectivity index is 1.83. The smallest absolute Gasteiger partial charge is 0.338 e. The minimum absolute atomic E-state index is 0.0549. The number of methoxy groups -OCH3 is 1. The number of esters is 1. The second kappa shape index (κ2) is 7.81. The Morgan fingerprint density at radius 2 is 1.92 bits per heavy atom. The molecule has 0 radical (unpaired) electrons. The van der Waals surface area contributed by atoms with Gasteiger partial charge in [0.1, 0.15) is 11.9 Å². The summed E-state index contributed by atoms with van der Waals surface area (Å²) in [5, 5.41) is 5.51. The third kappa shape index (κ3) is 4.00. The minimum atomic E-state index is -0.539. The van der Waals surface area contributed by atoms with E-state index in [9.17, 15) is 9.59 Å². The molecule has 0 aromatic heterocycles. The average molecular weight is 358 g/mol. The van der Waals surface area contributed by atoms with Gasteiger partial charge >= 0.3 is 12.0 Å². The maximum absolute atomic E-state index is 12.9. The lowest BCUT2D eigenvalue weighted by Gasteiger charge is -2.31. The predicted molar refractivity (Wildman–Crippen MR) is 97.6 cm³/mol. The van der Waals surface area contributed by atoms with E-state index in [1.165, 1.54) is 6.42 Å². The molecule has 2 amide bonds. The van der Waals surface area contributed by atoms with Crippen LogP contribution in [-0.4, -0.2) is 25.2 Å². The summed E-state index contributed by atoms with van der Waals surface area (Å²) in [6.45, 7) is 3.92. The second-order valence-electron chi connectivity index (χ2n) is 7.14. The molecule has 1 heterocycles. The molecule has 3 rings (SSSR count). The maximum Gasteiger partial charge on any atom is 0.338 e. The van der Waals surface area contributed by atoms with Crippen LogP contribution in [0.1, 0.15) is 51.1 Å². The van der Waals surface area contributed by atoms with Crippen molar-refractivity contribution in [3.63, 3.8) is 0 Å². The van der Waals surface area contributed by atoms with Crippen LogP contribution >= 0.6 is 0 Å². The highest BCUT2D eigenvalue weighted by Gasteiger charge is 2.34. The SMILES string of the molecule is COc1ccc([C@@H]2NC(=O)NC(C)=C2C(=O)O[C@@H]2CCC[C@H](C)C2)cc1. The lowest BCUT2D eigenvalue weighted by atomic mass is 9.88. The second-order valence-corrected chi connectivity index (χ2v) is 7.14. The number of rotatable bonds is 4. The number of nitrogens with one attached hydrogen (secondary N) is 2. The number of benzene rings is 1. The fourth-order valence-electron chi connectivity index (χ4n) is 3.71. The molecule has 1 aromatic carbocycles. The van der Waals surface area contributed by atoms with Crippen LogP contribution in [-0.2, 0) is 9.53 Å². The Hall–Kier alpha value is -2.50. The van der Waals surface area contributed by atoms with E-state index in [1.807, 2.05) is 24.3 Å². The number of ether oxygens (including phenoxy) is 2. The van der Waals surface area contributed by atoms with Gasteiger partial charge in [0, 0.05) is 5.70 Å². The van der Waals surface area contributed by atoms with Crippen LogP contribution in [0.3, 0.4) is 0 Å². The predicted octanol–water partition coefficient (Wildman–Crippen LogP) is 3.45. The van der Waals surface area contributed by atoms with E-state index in [0.717, 1.165) is 30.6 Å². The molecule has 0 saturated heterocycles. The van der Waals surface area contributed by atoms with Gasteiger partial charge in [-0.2, -0.15) is 0 Å². The molecule has 6 nitrogen and oxygen atoms in total. The molecule has 0 spiro atoms. The Labute approximate surface area is 153 Å². The lowest BCUT2D eigenvalue weighted by Crippen LogP contribution is -2.45. The van der Waals surface area contributed by atoms with E-state index >= 15 is 0 Å². The monoisotopic (exact) mass is 358 g/mol. The first kappa shape index (κ1) is 18.3. The molecule has 0 unspecified atom stereocenters. The first-order chi connectivity index (χ1) is 12.5. The van der Waals surface area contributed by atoms with Crippen LogP contribution in [0.25, 0.3) is 0 Å².